The number of carboxylic acids is 1. The van der Waals surface area contributed by atoms with Crippen LogP contribution in [0.2, 0.25) is 0 Å². The lowest BCUT2D eigenvalue weighted by atomic mass is 10.1. The van der Waals surface area contributed by atoms with Crippen molar-refractivity contribution in [2.24, 2.45) is 7.05 Å². The minimum absolute atomic E-state index is 0.183. The Bertz CT molecular complexity index is 939. The lowest BCUT2D eigenvalue weighted by Gasteiger charge is -2.01. The third kappa shape index (κ3) is 3.53. The van der Waals surface area contributed by atoms with Crippen molar-refractivity contribution in [3.63, 3.8) is 0 Å². The Morgan fingerprint density at radius 1 is 1.40 bits per heavy atom. The molecule has 0 aliphatic carbocycles. The second-order valence-electron chi connectivity index (χ2n) is 5.98. The van der Waals surface area contributed by atoms with Gasteiger partial charge in [-0.2, -0.15) is 5.10 Å². The van der Waals surface area contributed by atoms with Gasteiger partial charge in [-0.1, -0.05) is 19.1 Å². The fourth-order valence-corrected chi connectivity index (χ4v) is 3.49. The highest BCUT2D eigenvalue weighted by Crippen LogP contribution is 2.31. The van der Waals surface area contributed by atoms with Crippen LogP contribution in [-0.4, -0.2) is 41.8 Å². The summed E-state index contributed by atoms with van der Waals surface area (Å²) in [6.45, 7) is 4.06. The van der Waals surface area contributed by atoms with Gasteiger partial charge in [-0.05, 0) is 12.0 Å². The molecule has 3 aromatic rings. The first-order valence-corrected chi connectivity index (χ1v) is 8.52. The zero-order chi connectivity index (χ0) is 18.1. The van der Waals surface area contributed by atoms with Crippen LogP contribution in [-0.2, 0) is 24.9 Å². The largest absolute Gasteiger partial charge is 0.480 e. The Kier molecular flexibility index (Phi) is 4.53. The number of aryl methyl sites for hydroxylation is 1. The summed E-state index contributed by atoms with van der Waals surface area (Å²) in [7, 11) is 1.87. The van der Waals surface area contributed by atoms with Crippen molar-refractivity contribution in [1.82, 2.24) is 30.1 Å². The number of hydrogen-bond donors (Lipinski definition) is 2. The molecule has 25 heavy (non-hydrogen) atoms. The predicted molar refractivity (Wildman–Crippen MR) is 91.5 cm³/mol. The second-order valence-corrected chi connectivity index (χ2v) is 7.01. The fraction of sp³-hybridized carbons (Fsp3) is 0.400. The highest BCUT2D eigenvalue weighted by atomic mass is 32.1. The van der Waals surface area contributed by atoms with E-state index in [0.29, 0.717) is 10.6 Å². The zero-order valence-electron chi connectivity index (χ0n) is 14.1. The number of hydrogen-bond acceptors (Lipinski definition) is 6. The summed E-state index contributed by atoms with van der Waals surface area (Å²) in [5.74, 6) is -0.928. The molecule has 0 aromatic carbocycles. The first kappa shape index (κ1) is 17.1. The van der Waals surface area contributed by atoms with E-state index in [0.717, 1.165) is 15.9 Å². The van der Waals surface area contributed by atoms with Crippen molar-refractivity contribution in [2.75, 3.05) is 0 Å². The SMILES string of the molecule is CC(C)c1nn(C)c2sc(C(=O)NCc3cn(CC(=O)O)nn3)cc12. The Hall–Kier alpha value is -2.75. The number of amides is 1. The molecule has 0 atom stereocenters. The smallest absolute Gasteiger partial charge is 0.325 e. The average Bonchev–Trinajstić information content (AvgIpc) is 3.21. The molecule has 0 spiro atoms. The summed E-state index contributed by atoms with van der Waals surface area (Å²) in [6, 6.07) is 1.86. The quantitative estimate of drug-likeness (QED) is 0.684. The summed E-state index contributed by atoms with van der Waals surface area (Å²) >= 11 is 1.39. The van der Waals surface area contributed by atoms with Gasteiger partial charge in [0.2, 0.25) is 0 Å². The van der Waals surface area contributed by atoms with Crippen LogP contribution in [0.25, 0.3) is 10.2 Å². The van der Waals surface area contributed by atoms with E-state index in [1.165, 1.54) is 22.2 Å². The molecule has 0 radical (unpaired) electrons. The Labute approximate surface area is 147 Å². The lowest BCUT2D eigenvalue weighted by Crippen LogP contribution is -2.22. The number of nitrogens with one attached hydrogen (secondary N) is 1. The molecule has 0 aliphatic rings. The van der Waals surface area contributed by atoms with Gasteiger partial charge < -0.3 is 10.4 Å². The molecule has 1 amide bonds. The Morgan fingerprint density at radius 3 is 2.84 bits per heavy atom. The number of aromatic nitrogens is 5. The van der Waals surface area contributed by atoms with E-state index < -0.39 is 5.97 Å². The molecule has 0 unspecified atom stereocenters. The second kappa shape index (κ2) is 6.63. The molecule has 0 saturated heterocycles. The Balaban J connectivity index is 1.71. The van der Waals surface area contributed by atoms with Crippen LogP contribution in [0.5, 0.6) is 0 Å². The third-order valence-electron chi connectivity index (χ3n) is 3.62. The maximum atomic E-state index is 12.4. The van der Waals surface area contributed by atoms with Gasteiger partial charge in [-0.15, -0.1) is 16.4 Å². The lowest BCUT2D eigenvalue weighted by molar-refractivity contribution is -0.137. The van der Waals surface area contributed by atoms with Crippen LogP contribution in [0.1, 0.15) is 40.8 Å². The van der Waals surface area contributed by atoms with E-state index >= 15 is 0 Å². The van der Waals surface area contributed by atoms with E-state index in [1.807, 2.05) is 13.1 Å². The van der Waals surface area contributed by atoms with Gasteiger partial charge in [-0.3, -0.25) is 14.3 Å². The molecule has 0 saturated carbocycles. The summed E-state index contributed by atoms with van der Waals surface area (Å²) in [5.41, 5.74) is 1.48. The molecular weight excluding hydrogens is 344 g/mol. The minimum atomic E-state index is -1.000. The Morgan fingerprint density at radius 2 is 2.16 bits per heavy atom. The fourth-order valence-electron chi connectivity index (χ4n) is 2.50. The number of thiophene rings is 1. The zero-order valence-corrected chi connectivity index (χ0v) is 14.9. The number of aliphatic carboxylic acids is 1. The monoisotopic (exact) mass is 362 g/mol. The molecule has 132 valence electrons. The average molecular weight is 362 g/mol. The van der Waals surface area contributed by atoms with Gasteiger partial charge in [0.15, 0.2) is 0 Å². The van der Waals surface area contributed by atoms with Crippen molar-refractivity contribution < 1.29 is 14.7 Å². The molecule has 3 heterocycles. The molecule has 10 heteroatoms. The molecule has 0 fully saturated rings. The maximum absolute atomic E-state index is 12.4. The topological polar surface area (TPSA) is 115 Å². The minimum Gasteiger partial charge on any atom is -0.480 e. The first-order chi connectivity index (χ1) is 11.8. The van der Waals surface area contributed by atoms with Gasteiger partial charge in [0.1, 0.15) is 17.1 Å². The van der Waals surface area contributed by atoms with E-state index in [-0.39, 0.29) is 24.9 Å². The summed E-state index contributed by atoms with van der Waals surface area (Å²) in [5, 5.41) is 24.5. The molecule has 3 rings (SSSR count). The number of carboxylic acid groups (broad SMARTS) is 1. The van der Waals surface area contributed by atoms with Gasteiger partial charge in [0.05, 0.1) is 23.3 Å². The highest BCUT2D eigenvalue weighted by molar-refractivity contribution is 7.20. The molecular formula is C15H18N6O3S. The van der Waals surface area contributed by atoms with Crippen molar-refractivity contribution in [3.8, 4) is 0 Å². The van der Waals surface area contributed by atoms with Crippen LogP contribution in [0.4, 0.5) is 0 Å². The van der Waals surface area contributed by atoms with Gasteiger partial charge in [0.25, 0.3) is 5.91 Å². The standard InChI is InChI=1S/C15H18N6O3S/c1-8(2)13-10-4-11(25-15(10)20(3)18-13)14(24)16-5-9-6-21(19-17-9)7-12(22)23/h4,6,8H,5,7H2,1-3H3,(H,16,24)(H,22,23). The predicted octanol–water partition coefficient (Wildman–Crippen LogP) is 1.36. The number of rotatable bonds is 6. The summed E-state index contributed by atoms with van der Waals surface area (Å²) in [4.78, 5) is 24.6. The number of nitrogens with zero attached hydrogens (tertiary/aromatic N) is 5. The van der Waals surface area contributed by atoms with E-state index in [2.05, 4.69) is 34.6 Å². The van der Waals surface area contributed by atoms with E-state index in [1.54, 1.807) is 4.68 Å². The summed E-state index contributed by atoms with van der Waals surface area (Å²) < 4.78 is 3.01. The van der Waals surface area contributed by atoms with Crippen molar-refractivity contribution >= 4 is 33.4 Å². The highest BCUT2D eigenvalue weighted by Gasteiger charge is 2.18. The van der Waals surface area contributed by atoms with Crippen molar-refractivity contribution in [2.45, 2.75) is 32.9 Å². The van der Waals surface area contributed by atoms with Crippen LogP contribution in [0.3, 0.4) is 0 Å². The van der Waals surface area contributed by atoms with Crippen LogP contribution in [0, 0.1) is 0 Å². The summed E-state index contributed by atoms with van der Waals surface area (Å²) in [6.07, 6.45) is 1.50. The van der Waals surface area contributed by atoms with Crippen LogP contribution in [0.15, 0.2) is 12.3 Å². The van der Waals surface area contributed by atoms with Gasteiger partial charge in [-0.25, -0.2) is 4.68 Å². The molecule has 0 bridgehead atoms. The van der Waals surface area contributed by atoms with E-state index in [9.17, 15) is 9.59 Å². The van der Waals surface area contributed by atoms with Crippen molar-refractivity contribution in [1.29, 1.82) is 0 Å². The number of carbonyl (C=O) groups is 2. The van der Waals surface area contributed by atoms with Crippen molar-refractivity contribution in [3.05, 3.63) is 28.5 Å². The first-order valence-electron chi connectivity index (χ1n) is 7.70. The van der Waals surface area contributed by atoms with E-state index in [4.69, 9.17) is 5.11 Å². The van der Waals surface area contributed by atoms with Crippen LogP contribution >= 0.6 is 11.3 Å². The molecule has 2 N–H and O–H groups in total. The molecule has 3 aromatic heterocycles. The van der Waals surface area contributed by atoms with Gasteiger partial charge >= 0.3 is 5.97 Å². The maximum Gasteiger partial charge on any atom is 0.325 e. The number of fused-ring (bicyclic) bond motifs is 1. The normalized spacial score (nSPS) is 11.4. The third-order valence-corrected chi connectivity index (χ3v) is 4.82. The van der Waals surface area contributed by atoms with Crippen LogP contribution < -0.4 is 5.32 Å². The molecule has 0 aliphatic heterocycles. The molecule has 9 nitrogen and oxygen atoms in total. The number of carbonyl (C=O) groups excluding carboxylic acids is 1. The van der Waals surface area contributed by atoms with Gasteiger partial charge in [0, 0.05) is 12.4 Å².